The van der Waals surface area contributed by atoms with Crippen LogP contribution in [-0.4, -0.2) is 11.5 Å². The Morgan fingerprint density at radius 2 is 2.46 bits per heavy atom. The summed E-state index contributed by atoms with van der Waals surface area (Å²) in [5.41, 5.74) is 7.37. The number of nitrogens with two attached hydrogens (primary N) is 1. The molecule has 0 amide bonds. The van der Waals surface area contributed by atoms with Crippen LogP contribution in [0.3, 0.4) is 0 Å². The number of nitrogens with zero attached hydrogens (tertiary/aromatic N) is 1. The van der Waals surface area contributed by atoms with Gasteiger partial charge in [0.2, 0.25) is 0 Å². The van der Waals surface area contributed by atoms with Gasteiger partial charge in [-0.05, 0) is 28.4 Å². The van der Waals surface area contributed by atoms with Gasteiger partial charge in [-0.25, -0.2) is 4.98 Å². The monoisotopic (exact) mass is 241 g/mol. The summed E-state index contributed by atoms with van der Waals surface area (Å²) in [6.07, 6.45) is 3.42. The van der Waals surface area contributed by atoms with Gasteiger partial charge in [0.1, 0.15) is 5.82 Å². The van der Waals surface area contributed by atoms with E-state index in [2.05, 4.69) is 32.8 Å². The second kappa shape index (κ2) is 4.28. The van der Waals surface area contributed by atoms with Crippen LogP contribution in [0.2, 0.25) is 0 Å². The molecule has 1 aromatic heterocycles. The van der Waals surface area contributed by atoms with Gasteiger partial charge in [-0.15, -0.1) is 6.58 Å². The van der Waals surface area contributed by atoms with Crippen LogP contribution in [0.1, 0.15) is 5.56 Å². The van der Waals surface area contributed by atoms with Crippen molar-refractivity contribution in [2.45, 2.75) is 6.92 Å². The van der Waals surface area contributed by atoms with Crippen LogP contribution in [0.15, 0.2) is 23.3 Å². The number of anilines is 2. The third-order valence-electron chi connectivity index (χ3n) is 1.72. The number of nitrogens with one attached hydrogen (secondary N) is 1. The Balaban J connectivity index is 2.96. The molecule has 0 aromatic carbocycles. The van der Waals surface area contributed by atoms with E-state index in [4.69, 9.17) is 5.73 Å². The van der Waals surface area contributed by atoms with E-state index in [1.165, 1.54) is 0 Å². The van der Waals surface area contributed by atoms with E-state index in [0.717, 1.165) is 15.9 Å². The van der Waals surface area contributed by atoms with E-state index in [9.17, 15) is 0 Å². The predicted molar refractivity (Wildman–Crippen MR) is 59.8 cm³/mol. The average Bonchev–Trinajstić information content (AvgIpc) is 2.13. The van der Waals surface area contributed by atoms with Gasteiger partial charge in [-0.1, -0.05) is 6.08 Å². The minimum Gasteiger partial charge on any atom is -0.397 e. The SMILES string of the molecule is C=CCNc1ncc(N)c(C)c1Br. The second-order valence-corrected chi connectivity index (χ2v) is 3.46. The lowest BCUT2D eigenvalue weighted by atomic mass is 10.2. The molecule has 0 fully saturated rings. The molecule has 0 unspecified atom stereocenters. The van der Waals surface area contributed by atoms with E-state index in [-0.39, 0.29) is 0 Å². The first-order valence-corrected chi connectivity index (χ1v) is 4.71. The maximum Gasteiger partial charge on any atom is 0.140 e. The summed E-state index contributed by atoms with van der Waals surface area (Å²) >= 11 is 3.42. The number of aromatic nitrogens is 1. The van der Waals surface area contributed by atoms with Crippen molar-refractivity contribution in [3.05, 3.63) is 28.9 Å². The molecular weight excluding hydrogens is 230 g/mol. The zero-order valence-corrected chi connectivity index (χ0v) is 9.06. The van der Waals surface area contributed by atoms with E-state index in [1.54, 1.807) is 12.3 Å². The topological polar surface area (TPSA) is 50.9 Å². The molecule has 0 bridgehead atoms. The fourth-order valence-corrected chi connectivity index (χ4v) is 1.36. The van der Waals surface area contributed by atoms with E-state index >= 15 is 0 Å². The summed E-state index contributed by atoms with van der Waals surface area (Å²) in [5.74, 6) is 0.798. The molecule has 0 aliphatic rings. The Kier molecular flexibility index (Phi) is 3.31. The zero-order valence-electron chi connectivity index (χ0n) is 7.47. The average molecular weight is 242 g/mol. The Hall–Kier alpha value is -1.03. The summed E-state index contributed by atoms with van der Waals surface area (Å²) < 4.78 is 0.911. The Morgan fingerprint density at radius 1 is 1.77 bits per heavy atom. The summed E-state index contributed by atoms with van der Waals surface area (Å²) in [4.78, 5) is 4.15. The molecule has 1 aromatic rings. The smallest absolute Gasteiger partial charge is 0.140 e. The number of hydrogen-bond acceptors (Lipinski definition) is 3. The first-order valence-electron chi connectivity index (χ1n) is 3.92. The minimum absolute atomic E-state index is 0.689. The molecule has 3 N–H and O–H groups in total. The largest absolute Gasteiger partial charge is 0.397 e. The number of pyridine rings is 1. The van der Waals surface area contributed by atoms with Crippen LogP contribution < -0.4 is 11.1 Å². The van der Waals surface area contributed by atoms with Gasteiger partial charge in [0, 0.05) is 6.54 Å². The number of hydrogen-bond donors (Lipinski definition) is 2. The van der Waals surface area contributed by atoms with Gasteiger partial charge in [0.25, 0.3) is 0 Å². The molecule has 0 spiro atoms. The van der Waals surface area contributed by atoms with Gasteiger partial charge in [0.05, 0.1) is 16.4 Å². The van der Waals surface area contributed by atoms with Crippen molar-refractivity contribution in [1.82, 2.24) is 4.98 Å². The van der Waals surface area contributed by atoms with E-state index in [1.807, 2.05) is 6.92 Å². The maximum absolute atomic E-state index is 5.68. The van der Waals surface area contributed by atoms with E-state index in [0.29, 0.717) is 12.2 Å². The van der Waals surface area contributed by atoms with Gasteiger partial charge in [0.15, 0.2) is 0 Å². The molecule has 0 aliphatic carbocycles. The van der Waals surface area contributed by atoms with Crippen LogP contribution in [0, 0.1) is 6.92 Å². The molecule has 3 nitrogen and oxygen atoms in total. The van der Waals surface area contributed by atoms with Crippen LogP contribution in [0.4, 0.5) is 11.5 Å². The molecule has 13 heavy (non-hydrogen) atoms. The standard InChI is InChI=1S/C9H12BrN3/c1-3-4-12-9-8(10)6(2)7(11)5-13-9/h3,5H,1,4,11H2,2H3,(H,12,13). The lowest BCUT2D eigenvalue weighted by molar-refractivity contribution is 1.20. The van der Waals surface area contributed by atoms with Crippen molar-refractivity contribution in [3.63, 3.8) is 0 Å². The molecule has 0 aliphatic heterocycles. The summed E-state index contributed by atoms with van der Waals surface area (Å²) in [6, 6.07) is 0. The zero-order chi connectivity index (χ0) is 9.84. The first-order chi connectivity index (χ1) is 6.16. The van der Waals surface area contributed by atoms with Crippen LogP contribution >= 0.6 is 15.9 Å². The molecule has 0 saturated heterocycles. The molecule has 4 heteroatoms. The van der Waals surface area contributed by atoms with Crippen LogP contribution in [0.25, 0.3) is 0 Å². The van der Waals surface area contributed by atoms with Crippen molar-refractivity contribution in [2.75, 3.05) is 17.6 Å². The fourth-order valence-electron chi connectivity index (χ4n) is 0.884. The second-order valence-electron chi connectivity index (χ2n) is 2.67. The van der Waals surface area contributed by atoms with Crippen molar-refractivity contribution >= 4 is 27.4 Å². The fraction of sp³-hybridized carbons (Fsp3) is 0.222. The van der Waals surface area contributed by atoms with Crippen LogP contribution in [0.5, 0.6) is 0 Å². The highest BCUT2D eigenvalue weighted by molar-refractivity contribution is 9.10. The number of halogens is 1. The van der Waals surface area contributed by atoms with E-state index < -0.39 is 0 Å². The van der Waals surface area contributed by atoms with Gasteiger partial charge >= 0.3 is 0 Å². The molecule has 1 heterocycles. The molecule has 0 saturated carbocycles. The quantitative estimate of drug-likeness (QED) is 0.800. The van der Waals surface area contributed by atoms with Gasteiger partial charge in [-0.3, -0.25) is 0 Å². The molecule has 70 valence electrons. The molecular formula is C9H12BrN3. The first kappa shape index (κ1) is 10.1. The Morgan fingerprint density at radius 3 is 3.08 bits per heavy atom. The summed E-state index contributed by atoms with van der Waals surface area (Å²) in [5, 5.41) is 3.10. The van der Waals surface area contributed by atoms with Crippen molar-refractivity contribution in [3.8, 4) is 0 Å². The van der Waals surface area contributed by atoms with Crippen molar-refractivity contribution in [2.24, 2.45) is 0 Å². The van der Waals surface area contributed by atoms with Gasteiger partial charge < -0.3 is 11.1 Å². The highest BCUT2D eigenvalue weighted by Gasteiger charge is 2.05. The number of nitrogen functional groups attached to an aromatic ring is 1. The van der Waals surface area contributed by atoms with Crippen molar-refractivity contribution < 1.29 is 0 Å². The third-order valence-corrected chi connectivity index (χ3v) is 2.69. The van der Waals surface area contributed by atoms with Crippen LogP contribution in [-0.2, 0) is 0 Å². The normalized spacial score (nSPS) is 9.69. The Bertz CT molecular complexity index is 323. The third kappa shape index (κ3) is 2.21. The molecule has 0 atom stereocenters. The maximum atomic E-state index is 5.68. The highest BCUT2D eigenvalue weighted by atomic mass is 79.9. The predicted octanol–water partition coefficient (Wildman–Crippen LogP) is 2.33. The number of rotatable bonds is 3. The Labute approximate surface area is 86.2 Å². The van der Waals surface area contributed by atoms with Gasteiger partial charge in [-0.2, -0.15) is 0 Å². The molecule has 1 rings (SSSR count). The molecule has 0 radical (unpaired) electrons. The lowest BCUT2D eigenvalue weighted by Gasteiger charge is -2.08. The van der Waals surface area contributed by atoms with Crippen molar-refractivity contribution in [1.29, 1.82) is 0 Å². The summed E-state index contributed by atoms with van der Waals surface area (Å²) in [7, 11) is 0. The minimum atomic E-state index is 0.689. The highest BCUT2D eigenvalue weighted by Crippen LogP contribution is 2.27. The summed E-state index contributed by atoms with van der Waals surface area (Å²) in [6.45, 7) is 6.25. The lowest BCUT2D eigenvalue weighted by Crippen LogP contribution is -2.03.